The monoisotopic (exact) mass is 355 g/mol. The van der Waals surface area contributed by atoms with Gasteiger partial charge in [0.1, 0.15) is 11.5 Å². The lowest BCUT2D eigenvalue weighted by atomic mass is 9.93. The van der Waals surface area contributed by atoms with Crippen LogP contribution in [-0.2, 0) is 4.79 Å². The van der Waals surface area contributed by atoms with Gasteiger partial charge in [0, 0.05) is 0 Å². The number of methoxy groups -OCH3 is 1. The molecule has 2 atom stereocenters. The summed E-state index contributed by atoms with van der Waals surface area (Å²) >= 11 is 0. The van der Waals surface area contributed by atoms with Crippen molar-refractivity contribution >= 4 is 5.91 Å². The first-order chi connectivity index (χ1) is 12.3. The summed E-state index contributed by atoms with van der Waals surface area (Å²) in [5.41, 5.74) is 3.33. The molecule has 1 amide bonds. The summed E-state index contributed by atoms with van der Waals surface area (Å²) in [5.74, 6) is 1.78. The van der Waals surface area contributed by atoms with Crippen LogP contribution in [0.4, 0.5) is 0 Å². The van der Waals surface area contributed by atoms with Crippen LogP contribution >= 0.6 is 0 Å². The molecule has 0 aliphatic rings. The van der Waals surface area contributed by atoms with Crippen LogP contribution in [0.1, 0.15) is 56.3 Å². The smallest absolute Gasteiger partial charge is 0.261 e. The number of carbonyl (C=O) groups is 1. The lowest BCUT2D eigenvalue weighted by Gasteiger charge is -2.22. The lowest BCUT2D eigenvalue weighted by Crippen LogP contribution is -2.38. The maximum absolute atomic E-state index is 12.5. The van der Waals surface area contributed by atoms with Gasteiger partial charge in [0.15, 0.2) is 6.10 Å². The Kier molecular flexibility index (Phi) is 6.67. The minimum absolute atomic E-state index is 0.118. The van der Waals surface area contributed by atoms with Gasteiger partial charge in [0.25, 0.3) is 5.91 Å². The highest BCUT2D eigenvalue weighted by atomic mass is 16.5. The van der Waals surface area contributed by atoms with Gasteiger partial charge in [0.2, 0.25) is 0 Å². The Hall–Kier alpha value is -2.49. The van der Waals surface area contributed by atoms with Crippen molar-refractivity contribution in [1.29, 1.82) is 0 Å². The number of hydrogen-bond donors (Lipinski definition) is 1. The van der Waals surface area contributed by atoms with E-state index in [0.717, 1.165) is 22.4 Å². The maximum Gasteiger partial charge on any atom is 0.261 e. The predicted octanol–water partition coefficient (Wildman–Crippen LogP) is 4.77. The van der Waals surface area contributed by atoms with E-state index in [0.29, 0.717) is 11.7 Å². The minimum Gasteiger partial charge on any atom is -0.496 e. The summed E-state index contributed by atoms with van der Waals surface area (Å²) in [6.07, 6.45) is -0.567. The molecule has 0 aromatic heterocycles. The normalized spacial score (nSPS) is 13.2. The average Bonchev–Trinajstić information content (AvgIpc) is 2.61. The number of hydrogen-bond acceptors (Lipinski definition) is 3. The van der Waals surface area contributed by atoms with Gasteiger partial charge in [0.05, 0.1) is 13.2 Å². The zero-order valence-electron chi connectivity index (χ0n) is 16.5. The second kappa shape index (κ2) is 8.75. The van der Waals surface area contributed by atoms with Crippen molar-refractivity contribution in [3.8, 4) is 11.5 Å². The van der Waals surface area contributed by atoms with Crippen LogP contribution in [-0.4, -0.2) is 19.1 Å². The zero-order valence-corrected chi connectivity index (χ0v) is 16.5. The molecule has 1 N–H and O–H groups in total. The maximum atomic E-state index is 12.5. The summed E-state index contributed by atoms with van der Waals surface area (Å²) in [6.45, 7) is 10.1. The van der Waals surface area contributed by atoms with Crippen LogP contribution in [0.3, 0.4) is 0 Å². The molecule has 0 aliphatic carbocycles. The van der Waals surface area contributed by atoms with Crippen LogP contribution in [0.15, 0.2) is 42.5 Å². The highest BCUT2D eigenvalue weighted by Crippen LogP contribution is 2.32. The van der Waals surface area contributed by atoms with Crippen LogP contribution in [0.25, 0.3) is 0 Å². The van der Waals surface area contributed by atoms with Crippen molar-refractivity contribution in [2.45, 2.75) is 52.7 Å². The summed E-state index contributed by atoms with van der Waals surface area (Å²) in [6, 6.07) is 13.4. The summed E-state index contributed by atoms with van der Waals surface area (Å²) in [4.78, 5) is 12.5. The summed E-state index contributed by atoms with van der Waals surface area (Å²) in [7, 11) is 1.69. The molecule has 0 saturated carbocycles. The Bertz CT molecular complexity index is 741. The highest BCUT2D eigenvalue weighted by molar-refractivity contribution is 5.81. The number of para-hydroxylation sites is 1. The topological polar surface area (TPSA) is 47.6 Å². The van der Waals surface area contributed by atoms with Gasteiger partial charge >= 0.3 is 0 Å². The Morgan fingerprint density at radius 1 is 1.00 bits per heavy atom. The molecule has 0 spiro atoms. The van der Waals surface area contributed by atoms with E-state index in [1.165, 1.54) is 0 Å². The summed E-state index contributed by atoms with van der Waals surface area (Å²) < 4.78 is 11.2. The molecule has 0 aliphatic heterocycles. The Labute approximate surface area is 156 Å². The molecule has 0 saturated heterocycles. The minimum atomic E-state index is -0.567. The first-order valence-electron chi connectivity index (χ1n) is 9.04. The van der Waals surface area contributed by atoms with E-state index in [9.17, 15) is 4.79 Å². The first kappa shape index (κ1) is 19.8. The first-order valence-corrected chi connectivity index (χ1v) is 9.04. The van der Waals surface area contributed by atoms with Crippen LogP contribution in [0.5, 0.6) is 11.5 Å². The van der Waals surface area contributed by atoms with Crippen molar-refractivity contribution in [1.82, 2.24) is 5.32 Å². The Balaban J connectivity index is 2.12. The molecule has 2 aromatic rings. The highest BCUT2D eigenvalue weighted by Gasteiger charge is 2.20. The van der Waals surface area contributed by atoms with E-state index < -0.39 is 6.10 Å². The molecular weight excluding hydrogens is 326 g/mol. The molecule has 0 fully saturated rings. The number of ether oxygens (including phenoxy) is 2. The van der Waals surface area contributed by atoms with E-state index >= 15 is 0 Å². The molecule has 0 radical (unpaired) electrons. The van der Waals surface area contributed by atoms with Crippen molar-refractivity contribution in [2.75, 3.05) is 7.11 Å². The molecule has 2 aromatic carbocycles. The van der Waals surface area contributed by atoms with Crippen molar-refractivity contribution in [2.24, 2.45) is 0 Å². The molecule has 0 bridgehead atoms. The van der Waals surface area contributed by atoms with E-state index in [4.69, 9.17) is 9.47 Å². The zero-order chi connectivity index (χ0) is 19.3. The Morgan fingerprint density at radius 3 is 2.23 bits per heavy atom. The van der Waals surface area contributed by atoms with E-state index in [-0.39, 0.29) is 11.9 Å². The lowest BCUT2D eigenvalue weighted by molar-refractivity contribution is -0.127. The summed E-state index contributed by atoms with van der Waals surface area (Å²) in [5, 5.41) is 3.06. The van der Waals surface area contributed by atoms with Crippen LogP contribution in [0, 0.1) is 6.92 Å². The molecule has 0 unspecified atom stereocenters. The molecule has 0 heterocycles. The van der Waals surface area contributed by atoms with Gasteiger partial charge in [-0.05, 0) is 67.6 Å². The number of amides is 1. The van der Waals surface area contributed by atoms with Gasteiger partial charge in [-0.25, -0.2) is 0 Å². The number of aryl methyl sites for hydroxylation is 1. The largest absolute Gasteiger partial charge is 0.496 e. The second-order valence-corrected chi connectivity index (χ2v) is 6.91. The van der Waals surface area contributed by atoms with Crippen LogP contribution < -0.4 is 14.8 Å². The van der Waals surface area contributed by atoms with Gasteiger partial charge in [-0.2, -0.15) is 0 Å². The van der Waals surface area contributed by atoms with Gasteiger partial charge in [-0.1, -0.05) is 32.0 Å². The number of benzene rings is 2. The third-order valence-electron chi connectivity index (χ3n) is 4.49. The molecule has 140 valence electrons. The van der Waals surface area contributed by atoms with E-state index in [1.54, 1.807) is 14.0 Å². The van der Waals surface area contributed by atoms with Crippen LogP contribution in [0.2, 0.25) is 0 Å². The van der Waals surface area contributed by atoms with Crippen molar-refractivity contribution < 1.29 is 14.3 Å². The number of rotatable bonds is 7. The van der Waals surface area contributed by atoms with Gasteiger partial charge in [-0.3, -0.25) is 4.79 Å². The second-order valence-electron chi connectivity index (χ2n) is 6.91. The fourth-order valence-electron chi connectivity index (χ4n) is 2.98. The fraction of sp³-hybridized carbons (Fsp3) is 0.409. The average molecular weight is 355 g/mol. The quantitative estimate of drug-likeness (QED) is 0.778. The van der Waals surface area contributed by atoms with Crippen molar-refractivity contribution in [3.63, 3.8) is 0 Å². The molecule has 4 nitrogen and oxygen atoms in total. The van der Waals surface area contributed by atoms with Crippen molar-refractivity contribution in [3.05, 3.63) is 59.2 Å². The number of carbonyl (C=O) groups excluding carboxylic acids is 1. The molecule has 26 heavy (non-hydrogen) atoms. The van der Waals surface area contributed by atoms with E-state index in [2.05, 4.69) is 25.2 Å². The van der Waals surface area contributed by atoms with E-state index in [1.807, 2.05) is 50.2 Å². The predicted molar refractivity (Wildman–Crippen MR) is 105 cm³/mol. The molecule has 2 rings (SSSR count). The third kappa shape index (κ3) is 4.78. The molecule has 4 heteroatoms. The molecular formula is C22H29NO3. The number of nitrogens with one attached hydrogen (secondary N) is 1. The Morgan fingerprint density at radius 2 is 1.65 bits per heavy atom. The third-order valence-corrected chi connectivity index (χ3v) is 4.49. The standard InChI is InChI=1S/C22H29NO3/c1-14(2)19-13-20(15(3)12-21(19)25-6)16(4)23-22(24)17(5)26-18-10-8-7-9-11-18/h7-14,16-17H,1-6H3,(H,23,24)/t16-,17-/m0/s1. The SMILES string of the molecule is COc1cc(C)c([C@H](C)NC(=O)[C@H](C)Oc2ccccc2)cc1C(C)C. The fourth-order valence-corrected chi connectivity index (χ4v) is 2.98. The van der Waals surface area contributed by atoms with Gasteiger partial charge in [-0.15, -0.1) is 0 Å². The van der Waals surface area contributed by atoms with Gasteiger partial charge < -0.3 is 14.8 Å².